The van der Waals surface area contributed by atoms with E-state index in [2.05, 4.69) is 0 Å². The van der Waals surface area contributed by atoms with Crippen molar-refractivity contribution in [1.82, 2.24) is 9.55 Å². The van der Waals surface area contributed by atoms with Gasteiger partial charge in [-0.15, -0.1) is 11.3 Å². The number of thiophene rings is 1. The lowest BCUT2D eigenvalue weighted by molar-refractivity contribution is 0.102. The zero-order valence-corrected chi connectivity index (χ0v) is 20.9. The van der Waals surface area contributed by atoms with Gasteiger partial charge in [0.2, 0.25) is 6.79 Å². The molecular formula is C28H20N2O4S2. The summed E-state index contributed by atoms with van der Waals surface area (Å²) >= 11 is 2.75. The number of aryl methyl sites for hydroxylation is 1. The zero-order valence-electron chi connectivity index (χ0n) is 19.3. The van der Waals surface area contributed by atoms with Crippen LogP contribution in [-0.2, 0) is 0 Å². The maximum absolute atomic E-state index is 14.0. The second-order valence-electron chi connectivity index (χ2n) is 8.23. The molecule has 5 aromatic rings. The maximum atomic E-state index is 14.0. The van der Waals surface area contributed by atoms with Gasteiger partial charge >= 0.3 is 0 Å². The number of rotatable bonds is 6. The van der Waals surface area contributed by atoms with E-state index in [9.17, 15) is 9.59 Å². The number of fused-ring (bicyclic) bond motifs is 2. The minimum absolute atomic E-state index is 0.0837. The van der Waals surface area contributed by atoms with E-state index in [0.717, 1.165) is 16.0 Å². The number of carbonyl (C=O) groups is 1. The number of Topliss-reactive ketones (excluding diaryl/α,β-unsaturated/α-hetero) is 1. The molecule has 0 spiro atoms. The Labute approximate surface area is 215 Å². The van der Waals surface area contributed by atoms with Gasteiger partial charge in [-0.1, -0.05) is 60.3 Å². The Morgan fingerprint density at radius 1 is 1.00 bits per heavy atom. The quantitative estimate of drug-likeness (QED) is 0.155. The topological polar surface area (TPSA) is 70.4 Å². The van der Waals surface area contributed by atoms with Gasteiger partial charge in [0, 0.05) is 16.0 Å². The highest BCUT2D eigenvalue weighted by Crippen LogP contribution is 2.37. The molecule has 0 amide bonds. The van der Waals surface area contributed by atoms with Crippen LogP contribution in [0, 0.1) is 6.92 Å². The third-order valence-electron chi connectivity index (χ3n) is 5.97. The number of carbonyl (C=O) groups excluding carboxylic acids is 1. The van der Waals surface area contributed by atoms with Crippen molar-refractivity contribution in [3.8, 4) is 28.3 Å². The number of hydrogen-bond donors (Lipinski definition) is 0. The van der Waals surface area contributed by atoms with Crippen LogP contribution >= 0.6 is 23.1 Å². The summed E-state index contributed by atoms with van der Waals surface area (Å²) in [4.78, 5) is 33.6. The first kappa shape index (κ1) is 22.6. The van der Waals surface area contributed by atoms with E-state index in [1.54, 1.807) is 22.8 Å². The first-order valence-electron chi connectivity index (χ1n) is 11.3. The van der Waals surface area contributed by atoms with Crippen molar-refractivity contribution < 1.29 is 14.3 Å². The fourth-order valence-electron chi connectivity index (χ4n) is 4.28. The van der Waals surface area contributed by atoms with Crippen molar-refractivity contribution in [3.05, 3.63) is 99.7 Å². The van der Waals surface area contributed by atoms with E-state index in [1.807, 2.05) is 67.6 Å². The average Bonchev–Trinajstić information content (AvgIpc) is 3.51. The molecule has 0 bridgehead atoms. The number of hydrogen-bond acceptors (Lipinski definition) is 7. The first-order valence-corrected chi connectivity index (χ1v) is 13.1. The molecule has 1 aliphatic rings. The SMILES string of the molecule is Cc1sc2nc(SCC(=O)c3ccc4c(c3)OCO4)n(-c3ccccc3)c(=O)c2c1-c1ccccc1. The molecule has 3 heterocycles. The highest BCUT2D eigenvalue weighted by atomic mass is 32.2. The Morgan fingerprint density at radius 2 is 1.72 bits per heavy atom. The van der Waals surface area contributed by atoms with E-state index < -0.39 is 0 Å². The van der Waals surface area contributed by atoms with Crippen molar-refractivity contribution in [2.45, 2.75) is 12.1 Å². The Bertz CT molecular complexity index is 1660. The Kier molecular flexibility index (Phi) is 5.83. The second kappa shape index (κ2) is 9.29. The number of benzene rings is 3. The Hall–Kier alpha value is -3.88. The number of ether oxygens (including phenoxy) is 2. The number of para-hydroxylation sites is 1. The molecular weight excluding hydrogens is 492 g/mol. The highest BCUT2D eigenvalue weighted by Gasteiger charge is 2.22. The second-order valence-corrected chi connectivity index (χ2v) is 10.4. The van der Waals surface area contributed by atoms with E-state index in [-0.39, 0.29) is 23.9 Å². The predicted molar refractivity (Wildman–Crippen MR) is 143 cm³/mol. The van der Waals surface area contributed by atoms with Crippen LogP contribution in [0.15, 0.2) is 88.8 Å². The van der Waals surface area contributed by atoms with Gasteiger partial charge in [0.25, 0.3) is 5.56 Å². The molecule has 3 aromatic carbocycles. The molecule has 8 heteroatoms. The van der Waals surface area contributed by atoms with Crippen molar-refractivity contribution in [1.29, 1.82) is 0 Å². The summed E-state index contributed by atoms with van der Waals surface area (Å²) in [5, 5.41) is 1.08. The summed E-state index contributed by atoms with van der Waals surface area (Å²) in [5.41, 5.74) is 2.98. The van der Waals surface area contributed by atoms with Crippen LogP contribution in [-0.4, -0.2) is 27.9 Å². The third kappa shape index (κ3) is 3.98. The van der Waals surface area contributed by atoms with Gasteiger partial charge in [-0.3, -0.25) is 14.2 Å². The third-order valence-corrected chi connectivity index (χ3v) is 7.91. The fraction of sp³-hybridized carbons (Fsp3) is 0.107. The normalized spacial score (nSPS) is 12.2. The van der Waals surface area contributed by atoms with Crippen LogP contribution in [0.25, 0.3) is 27.0 Å². The van der Waals surface area contributed by atoms with Crippen molar-refractivity contribution in [2.75, 3.05) is 12.5 Å². The smallest absolute Gasteiger partial charge is 0.268 e. The van der Waals surface area contributed by atoms with Crippen LogP contribution in [0.4, 0.5) is 0 Å². The van der Waals surface area contributed by atoms with Crippen molar-refractivity contribution >= 4 is 39.1 Å². The van der Waals surface area contributed by atoms with Crippen LogP contribution in [0.5, 0.6) is 11.5 Å². The zero-order chi connectivity index (χ0) is 24.6. The molecule has 0 N–H and O–H groups in total. The minimum Gasteiger partial charge on any atom is -0.454 e. The number of thioether (sulfide) groups is 1. The van der Waals surface area contributed by atoms with Crippen LogP contribution in [0.1, 0.15) is 15.2 Å². The largest absolute Gasteiger partial charge is 0.454 e. The van der Waals surface area contributed by atoms with Crippen molar-refractivity contribution in [2.24, 2.45) is 0 Å². The molecule has 6 rings (SSSR count). The lowest BCUT2D eigenvalue weighted by Gasteiger charge is -2.12. The highest BCUT2D eigenvalue weighted by molar-refractivity contribution is 7.99. The van der Waals surface area contributed by atoms with Crippen molar-refractivity contribution in [3.63, 3.8) is 0 Å². The predicted octanol–water partition coefficient (Wildman–Crippen LogP) is 6.13. The van der Waals surface area contributed by atoms with Crippen LogP contribution in [0.3, 0.4) is 0 Å². The number of ketones is 1. The average molecular weight is 513 g/mol. The summed E-state index contributed by atoms with van der Waals surface area (Å²) in [7, 11) is 0. The van der Waals surface area contributed by atoms with E-state index in [0.29, 0.717) is 38.1 Å². The maximum Gasteiger partial charge on any atom is 0.268 e. The van der Waals surface area contributed by atoms with Gasteiger partial charge in [0.15, 0.2) is 22.4 Å². The van der Waals surface area contributed by atoms with Gasteiger partial charge in [-0.2, -0.15) is 0 Å². The van der Waals surface area contributed by atoms with E-state index in [4.69, 9.17) is 14.5 Å². The monoisotopic (exact) mass is 512 g/mol. The Morgan fingerprint density at radius 3 is 2.50 bits per heavy atom. The molecule has 0 radical (unpaired) electrons. The molecule has 1 aliphatic heterocycles. The summed E-state index contributed by atoms with van der Waals surface area (Å²) in [6, 6.07) is 24.5. The summed E-state index contributed by atoms with van der Waals surface area (Å²) in [6.45, 7) is 2.16. The fourth-order valence-corrected chi connectivity index (χ4v) is 6.27. The van der Waals surface area contributed by atoms with E-state index >= 15 is 0 Å². The molecule has 0 fully saturated rings. The minimum atomic E-state index is -0.146. The Balaban J connectivity index is 1.43. The lowest BCUT2D eigenvalue weighted by atomic mass is 10.0. The summed E-state index contributed by atoms with van der Waals surface area (Å²) in [5.74, 6) is 1.24. The molecule has 36 heavy (non-hydrogen) atoms. The molecule has 178 valence electrons. The first-order chi connectivity index (χ1) is 17.6. The molecule has 0 saturated heterocycles. The molecule has 0 atom stereocenters. The molecule has 2 aromatic heterocycles. The molecule has 0 aliphatic carbocycles. The summed E-state index contributed by atoms with van der Waals surface area (Å²) < 4.78 is 12.4. The van der Waals surface area contributed by atoms with Gasteiger partial charge in [0.1, 0.15) is 4.83 Å². The number of aromatic nitrogens is 2. The lowest BCUT2D eigenvalue weighted by Crippen LogP contribution is -2.22. The molecule has 6 nitrogen and oxygen atoms in total. The van der Waals surface area contributed by atoms with Gasteiger partial charge < -0.3 is 9.47 Å². The van der Waals surface area contributed by atoms with E-state index in [1.165, 1.54) is 23.1 Å². The van der Waals surface area contributed by atoms with Gasteiger partial charge in [-0.25, -0.2) is 4.98 Å². The standard InChI is InChI=1S/C28H20N2O4S2/c1-17-24(18-8-4-2-5-9-18)25-26(36-17)29-28(30(27(25)32)20-10-6-3-7-11-20)35-15-21(31)19-12-13-22-23(14-19)34-16-33-22/h2-14H,15-16H2,1H3. The molecule has 0 saturated carbocycles. The summed E-state index contributed by atoms with van der Waals surface area (Å²) in [6.07, 6.45) is 0. The number of nitrogens with zero attached hydrogens (tertiary/aromatic N) is 2. The van der Waals surface area contributed by atoms with Gasteiger partial charge in [-0.05, 0) is 42.8 Å². The van der Waals surface area contributed by atoms with Crippen LogP contribution in [0.2, 0.25) is 0 Å². The van der Waals surface area contributed by atoms with Gasteiger partial charge in [0.05, 0.1) is 16.8 Å². The van der Waals surface area contributed by atoms with Crippen LogP contribution < -0.4 is 15.0 Å². The molecule has 0 unspecified atom stereocenters.